The van der Waals surface area contributed by atoms with Crippen LogP contribution in [0.25, 0.3) is 22.5 Å². The lowest BCUT2D eigenvalue weighted by Crippen LogP contribution is -2.35. The number of hydrogen-bond donors (Lipinski definition) is 1. The van der Waals surface area contributed by atoms with E-state index in [9.17, 15) is 9.59 Å². The van der Waals surface area contributed by atoms with Gasteiger partial charge in [0.05, 0.1) is 5.69 Å². The Labute approximate surface area is 241 Å². The molecule has 0 saturated heterocycles. The molecule has 2 atom stereocenters. The third-order valence-electron chi connectivity index (χ3n) is 9.24. The standard InChI is InChI=1S/C34H40N4O3/c1-3-4-12-31-30(33(39)38(22(2)35-31)21-26-18-24-8-7-9-25(17-24)19-26)20-23-13-15-27(16-14-23)28-10-5-6-11-29(28)32-36-34(40)41-37-32/h5-6,10-11,13-16,24-26H,3-4,7-9,12,17-21H2,1-2H3,(H,36,37,40). The molecule has 0 amide bonds. The number of aromatic amines is 1. The monoisotopic (exact) mass is 552 g/mol. The first-order chi connectivity index (χ1) is 20.0. The molecule has 0 aliphatic heterocycles. The molecular formula is C34H40N4O3. The zero-order valence-electron chi connectivity index (χ0n) is 24.2. The Morgan fingerprint density at radius 2 is 1.71 bits per heavy atom. The van der Waals surface area contributed by atoms with Crippen molar-refractivity contribution in [1.29, 1.82) is 0 Å². The van der Waals surface area contributed by atoms with E-state index in [1.165, 1.54) is 38.5 Å². The van der Waals surface area contributed by atoms with Crippen molar-refractivity contribution in [3.63, 3.8) is 0 Å². The maximum absolute atomic E-state index is 14.1. The molecule has 41 heavy (non-hydrogen) atoms. The van der Waals surface area contributed by atoms with Crippen LogP contribution in [0.2, 0.25) is 0 Å². The highest BCUT2D eigenvalue weighted by atomic mass is 16.5. The Kier molecular flexibility index (Phi) is 8.04. The highest BCUT2D eigenvalue weighted by molar-refractivity contribution is 5.80. The minimum atomic E-state index is -0.576. The molecule has 1 N–H and O–H groups in total. The van der Waals surface area contributed by atoms with Crippen molar-refractivity contribution in [3.05, 3.63) is 92.1 Å². The number of unbranched alkanes of at least 4 members (excludes halogenated alkanes) is 1. The van der Waals surface area contributed by atoms with Crippen LogP contribution in [0, 0.1) is 24.7 Å². The Bertz CT molecular complexity index is 1600. The average Bonchev–Trinajstić information content (AvgIpc) is 3.42. The summed E-state index contributed by atoms with van der Waals surface area (Å²) in [6, 6.07) is 16.1. The van der Waals surface area contributed by atoms with Gasteiger partial charge in [-0.3, -0.25) is 18.9 Å². The van der Waals surface area contributed by atoms with Crippen LogP contribution in [0.3, 0.4) is 0 Å². The second kappa shape index (κ2) is 12.0. The second-order valence-corrected chi connectivity index (χ2v) is 12.2. The third-order valence-corrected chi connectivity index (χ3v) is 9.24. The van der Waals surface area contributed by atoms with Crippen LogP contribution in [0.1, 0.15) is 80.9 Å². The zero-order chi connectivity index (χ0) is 28.3. The van der Waals surface area contributed by atoms with Gasteiger partial charge in [-0.15, -0.1) is 0 Å². The van der Waals surface area contributed by atoms with Gasteiger partial charge < -0.3 is 0 Å². The minimum Gasteiger partial charge on any atom is -0.296 e. The summed E-state index contributed by atoms with van der Waals surface area (Å²) >= 11 is 0. The number of H-pyrrole nitrogens is 1. The molecule has 2 aliphatic rings. The number of aromatic nitrogens is 4. The zero-order valence-corrected chi connectivity index (χ0v) is 24.2. The number of fused-ring (bicyclic) bond motifs is 2. The largest absolute Gasteiger partial charge is 0.439 e. The average molecular weight is 553 g/mol. The first kappa shape index (κ1) is 27.4. The van der Waals surface area contributed by atoms with E-state index in [1.807, 2.05) is 35.8 Å². The first-order valence-corrected chi connectivity index (χ1v) is 15.3. The smallest absolute Gasteiger partial charge is 0.296 e. The molecular weight excluding hydrogens is 512 g/mol. The van der Waals surface area contributed by atoms with Crippen molar-refractivity contribution >= 4 is 0 Å². The van der Waals surface area contributed by atoms with Crippen LogP contribution in [0.15, 0.2) is 62.6 Å². The Morgan fingerprint density at radius 3 is 2.39 bits per heavy atom. The van der Waals surface area contributed by atoms with Crippen LogP contribution >= 0.6 is 0 Å². The van der Waals surface area contributed by atoms with E-state index in [0.717, 1.165) is 77.0 Å². The molecule has 2 aliphatic carbocycles. The molecule has 7 heteroatoms. The van der Waals surface area contributed by atoms with Crippen molar-refractivity contribution in [2.75, 3.05) is 0 Å². The van der Waals surface area contributed by atoms with Crippen molar-refractivity contribution in [2.24, 2.45) is 17.8 Å². The molecule has 2 aromatic heterocycles. The lowest BCUT2D eigenvalue weighted by atomic mass is 9.68. The van der Waals surface area contributed by atoms with Gasteiger partial charge in [0.2, 0.25) is 0 Å². The summed E-state index contributed by atoms with van der Waals surface area (Å²) in [5, 5.41) is 3.88. The molecule has 2 unspecified atom stereocenters. The SMILES string of the molecule is CCCCc1nc(C)n(CC2CC3CCCC(C3)C2)c(=O)c1Cc1ccc(-c2ccccc2-c2noc(=O)[nH]2)cc1. The van der Waals surface area contributed by atoms with Gasteiger partial charge in [0.1, 0.15) is 5.82 Å². The quantitative estimate of drug-likeness (QED) is 0.249. The van der Waals surface area contributed by atoms with E-state index in [0.29, 0.717) is 18.2 Å². The minimum absolute atomic E-state index is 0.142. The second-order valence-electron chi connectivity index (χ2n) is 12.2. The lowest BCUT2D eigenvalue weighted by Gasteiger charge is -2.39. The van der Waals surface area contributed by atoms with Gasteiger partial charge in [-0.1, -0.05) is 86.3 Å². The number of benzene rings is 2. The van der Waals surface area contributed by atoms with Crippen LogP contribution in [-0.2, 0) is 19.4 Å². The van der Waals surface area contributed by atoms with Gasteiger partial charge in [-0.25, -0.2) is 9.78 Å². The molecule has 6 rings (SSSR count). The van der Waals surface area contributed by atoms with E-state index in [2.05, 4.69) is 41.3 Å². The molecule has 2 bridgehead atoms. The fourth-order valence-electron chi connectivity index (χ4n) is 7.27. The maximum Gasteiger partial charge on any atom is 0.439 e. The normalized spacial score (nSPS) is 20.3. The van der Waals surface area contributed by atoms with Crippen LogP contribution in [0.5, 0.6) is 0 Å². The summed E-state index contributed by atoms with van der Waals surface area (Å²) in [5.41, 5.74) is 5.77. The first-order valence-electron chi connectivity index (χ1n) is 15.3. The van der Waals surface area contributed by atoms with Crippen LogP contribution in [0.4, 0.5) is 0 Å². The maximum atomic E-state index is 14.1. The van der Waals surface area contributed by atoms with E-state index in [4.69, 9.17) is 9.51 Å². The van der Waals surface area contributed by atoms with Gasteiger partial charge in [0, 0.05) is 24.1 Å². The number of aryl methyl sites for hydroxylation is 2. The molecule has 2 aromatic carbocycles. The number of hydrogen-bond acceptors (Lipinski definition) is 5. The van der Waals surface area contributed by atoms with Crippen molar-refractivity contribution < 1.29 is 4.52 Å². The molecule has 214 valence electrons. The van der Waals surface area contributed by atoms with E-state index < -0.39 is 5.76 Å². The van der Waals surface area contributed by atoms with Gasteiger partial charge >= 0.3 is 5.76 Å². The van der Waals surface area contributed by atoms with Gasteiger partial charge in [-0.2, -0.15) is 0 Å². The van der Waals surface area contributed by atoms with E-state index in [1.54, 1.807) is 0 Å². The molecule has 2 heterocycles. The number of nitrogens with zero attached hydrogens (tertiary/aromatic N) is 3. The third kappa shape index (κ3) is 5.99. The Balaban J connectivity index is 1.28. The van der Waals surface area contributed by atoms with Crippen molar-refractivity contribution in [2.45, 2.75) is 84.6 Å². The molecule has 2 fully saturated rings. The highest BCUT2D eigenvalue weighted by Gasteiger charge is 2.32. The highest BCUT2D eigenvalue weighted by Crippen LogP contribution is 2.43. The summed E-state index contributed by atoms with van der Waals surface area (Å²) < 4.78 is 6.72. The Morgan fingerprint density at radius 1 is 0.976 bits per heavy atom. The van der Waals surface area contributed by atoms with Gasteiger partial charge in [0.15, 0.2) is 5.82 Å². The van der Waals surface area contributed by atoms with Crippen LogP contribution < -0.4 is 11.3 Å². The number of nitrogens with one attached hydrogen (secondary N) is 1. The summed E-state index contributed by atoms with van der Waals surface area (Å²) in [6.07, 6.45) is 11.5. The topological polar surface area (TPSA) is 93.8 Å². The summed E-state index contributed by atoms with van der Waals surface area (Å²) in [5.74, 6) is 2.95. The fourth-order valence-corrected chi connectivity index (χ4v) is 7.27. The molecule has 4 aromatic rings. The summed E-state index contributed by atoms with van der Waals surface area (Å²) in [7, 11) is 0. The molecule has 2 saturated carbocycles. The predicted molar refractivity (Wildman–Crippen MR) is 161 cm³/mol. The fraction of sp³-hybridized carbons (Fsp3) is 0.471. The van der Waals surface area contributed by atoms with E-state index >= 15 is 0 Å². The summed E-state index contributed by atoms with van der Waals surface area (Å²) in [4.78, 5) is 33.3. The van der Waals surface area contributed by atoms with Crippen LogP contribution in [-0.4, -0.2) is 19.7 Å². The molecule has 0 radical (unpaired) electrons. The molecule has 0 spiro atoms. The Hall–Kier alpha value is -3.74. The van der Waals surface area contributed by atoms with Gasteiger partial charge in [-0.05, 0) is 73.5 Å². The predicted octanol–water partition coefficient (Wildman–Crippen LogP) is 6.71. The van der Waals surface area contributed by atoms with Crippen molar-refractivity contribution in [3.8, 4) is 22.5 Å². The summed E-state index contributed by atoms with van der Waals surface area (Å²) in [6.45, 7) is 4.99. The van der Waals surface area contributed by atoms with Gasteiger partial charge in [0.25, 0.3) is 5.56 Å². The van der Waals surface area contributed by atoms with E-state index in [-0.39, 0.29) is 5.56 Å². The number of rotatable bonds is 9. The molecule has 7 nitrogen and oxygen atoms in total. The lowest BCUT2D eigenvalue weighted by molar-refractivity contribution is 0.125. The van der Waals surface area contributed by atoms with Crippen molar-refractivity contribution in [1.82, 2.24) is 19.7 Å².